The zero-order valence-corrected chi connectivity index (χ0v) is 16.0. The number of anilines is 1. The van der Waals surface area contributed by atoms with E-state index < -0.39 is 5.60 Å². The molecule has 4 heterocycles. The molecule has 2 saturated heterocycles. The van der Waals surface area contributed by atoms with Crippen LogP contribution in [0.4, 0.5) is 5.82 Å². The van der Waals surface area contributed by atoms with Crippen LogP contribution in [0.1, 0.15) is 26.2 Å². The summed E-state index contributed by atoms with van der Waals surface area (Å²) in [5.41, 5.74) is -0.102. The van der Waals surface area contributed by atoms with Crippen LogP contribution in [0.5, 0.6) is 0 Å². The SMILES string of the molecule is CC(=O)N1CCCCC(O)(CN(C)C2CN(c3ccc4nncn4n3)C2)C1. The Bertz CT molecular complexity index is 819. The normalized spacial score (nSPS) is 24.3. The molecule has 0 radical (unpaired) electrons. The lowest BCUT2D eigenvalue weighted by Gasteiger charge is -2.46. The van der Waals surface area contributed by atoms with E-state index in [1.54, 1.807) is 22.7 Å². The maximum absolute atomic E-state index is 11.8. The number of carbonyl (C=O) groups excluding carboxylic acids is 1. The molecule has 1 N–H and O–H groups in total. The van der Waals surface area contributed by atoms with Crippen LogP contribution in [-0.2, 0) is 4.79 Å². The second-order valence-corrected chi connectivity index (χ2v) is 7.92. The third-order valence-electron chi connectivity index (χ3n) is 5.75. The number of amides is 1. The molecule has 9 nitrogen and oxygen atoms in total. The molecule has 1 unspecified atom stereocenters. The first-order valence-corrected chi connectivity index (χ1v) is 9.54. The standard InChI is InChI=1S/C18H27N7O2/c1-14(26)23-8-4-3-7-18(27,12-23)11-22(2)15-9-24(10-15)17-6-5-16-20-19-13-25(16)21-17/h5-6,13,15,27H,3-4,7-12H2,1-2H3. The Kier molecular flexibility index (Phi) is 4.73. The molecule has 2 aromatic rings. The van der Waals surface area contributed by atoms with E-state index in [0.29, 0.717) is 19.1 Å². The van der Waals surface area contributed by atoms with Crippen molar-refractivity contribution >= 4 is 17.4 Å². The first-order valence-electron chi connectivity index (χ1n) is 9.54. The maximum Gasteiger partial charge on any atom is 0.219 e. The molecule has 146 valence electrons. The van der Waals surface area contributed by atoms with Crippen LogP contribution in [0, 0.1) is 0 Å². The van der Waals surface area contributed by atoms with Crippen molar-refractivity contribution in [3.8, 4) is 0 Å². The molecule has 2 aliphatic rings. The van der Waals surface area contributed by atoms with Crippen LogP contribution in [0.25, 0.3) is 5.65 Å². The van der Waals surface area contributed by atoms with Crippen molar-refractivity contribution in [2.45, 2.75) is 37.8 Å². The third kappa shape index (κ3) is 3.74. The van der Waals surface area contributed by atoms with E-state index in [4.69, 9.17) is 0 Å². The van der Waals surface area contributed by atoms with Crippen molar-refractivity contribution in [3.05, 3.63) is 18.5 Å². The van der Waals surface area contributed by atoms with E-state index in [1.807, 2.05) is 12.1 Å². The summed E-state index contributed by atoms with van der Waals surface area (Å²) in [6, 6.07) is 4.24. The summed E-state index contributed by atoms with van der Waals surface area (Å²) in [4.78, 5) is 18.0. The predicted octanol–water partition coefficient (Wildman–Crippen LogP) is 0.00820. The van der Waals surface area contributed by atoms with Gasteiger partial charge in [-0.25, -0.2) is 0 Å². The summed E-state index contributed by atoms with van der Waals surface area (Å²) < 4.78 is 1.68. The molecule has 27 heavy (non-hydrogen) atoms. The molecule has 2 aromatic heterocycles. The van der Waals surface area contributed by atoms with Crippen LogP contribution in [0.3, 0.4) is 0 Å². The molecule has 0 aromatic carbocycles. The van der Waals surface area contributed by atoms with Gasteiger partial charge in [-0.15, -0.1) is 15.3 Å². The van der Waals surface area contributed by atoms with E-state index in [2.05, 4.69) is 32.1 Å². The number of likely N-dealkylation sites (tertiary alicyclic amines) is 1. The van der Waals surface area contributed by atoms with E-state index in [-0.39, 0.29) is 5.91 Å². The second-order valence-electron chi connectivity index (χ2n) is 7.92. The highest BCUT2D eigenvalue weighted by Crippen LogP contribution is 2.26. The number of hydrogen-bond acceptors (Lipinski definition) is 7. The van der Waals surface area contributed by atoms with E-state index in [1.165, 1.54) is 0 Å². The smallest absolute Gasteiger partial charge is 0.219 e. The summed E-state index contributed by atoms with van der Waals surface area (Å²) >= 11 is 0. The van der Waals surface area contributed by atoms with Gasteiger partial charge in [-0.3, -0.25) is 9.69 Å². The topological polar surface area (TPSA) is 90.1 Å². The average Bonchev–Trinajstić information content (AvgIpc) is 2.95. The second kappa shape index (κ2) is 7.05. The van der Waals surface area contributed by atoms with E-state index >= 15 is 0 Å². The molecule has 0 spiro atoms. The average molecular weight is 373 g/mol. The Morgan fingerprint density at radius 1 is 1.37 bits per heavy atom. The zero-order valence-electron chi connectivity index (χ0n) is 16.0. The number of likely N-dealkylation sites (N-methyl/N-ethyl adjacent to an activating group) is 1. The van der Waals surface area contributed by atoms with E-state index in [9.17, 15) is 9.90 Å². The summed E-state index contributed by atoms with van der Waals surface area (Å²) in [6.07, 6.45) is 4.25. The largest absolute Gasteiger partial charge is 0.387 e. The number of aliphatic hydroxyl groups is 1. The van der Waals surface area contributed by atoms with Gasteiger partial charge in [0.15, 0.2) is 5.65 Å². The third-order valence-corrected chi connectivity index (χ3v) is 5.75. The lowest BCUT2D eigenvalue weighted by atomic mass is 9.95. The summed E-state index contributed by atoms with van der Waals surface area (Å²) in [7, 11) is 2.05. The van der Waals surface area contributed by atoms with Gasteiger partial charge in [0.1, 0.15) is 12.1 Å². The molecule has 2 fully saturated rings. The zero-order chi connectivity index (χ0) is 19.0. The van der Waals surface area contributed by atoms with Gasteiger partial charge in [-0.1, -0.05) is 0 Å². The summed E-state index contributed by atoms with van der Waals surface area (Å²) in [5, 5.41) is 23.5. The van der Waals surface area contributed by atoms with Crippen molar-refractivity contribution in [2.75, 3.05) is 44.7 Å². The fraction of sp³-hybridized carbons (Fsp3) is 0.667. The Morgan fingerprint density at radius 2 is 2.19 bits per heavy atom. The lowest BCUT2D eigenvalue weighted by molar-refractivity contribution is -0.132. The minimum atomic E-state index is -0.836. The van der Waals surface area contributed by atoms with Crippen LogP contribution in [-0.4, -0.2) is 92.0 Å². The van der Waals surface area contributed by atoms with Gasteiger partial charge in [0.2, 0.25) is 5.91 Å². The number of aromatic nitrogens is 4. The Morgan fingerprint density at radius 3 is 2.96 bits per heavy atom. The molecule has 1 atom stereocenters. The molecular formula is C18H27N7O2. The molecule has 0 aliphatic carbocycles. The minimum Gasteiger partial charge on any atom is -0.387 e. The number of rotatable bonds is 4. The Hall–Kier alpha value is -2.26. The highest BCUT2D eigenvalue weighted by atomic mass is 16.3. The van der Waals surface area contributed by atoms with Crippen LogP contribution in [0.15, 0.2) is 18.5 Å². The van der Waals surface area contributed by atoms with Gasteiger partial charge in [-0.05, 0) is 38.4 Å². The summed E-state index contributed by atoms with van der Waals surface area (Å²) in [5.74, 6) is 0.950. The lowest BCUT2D eigenvalue weighted by Crippen LogP contribution is -2.62. The first kappa shape index (κ1) is 18.1. The van der Waals surface area contributed by atoms with Crippen LogP contribution in [0.2, 0.25) is 0 Å². The quantitative estimate of drug-likeness (QED) is 0.807. The van der Waals surface area contributed by atoms with Crippen molar-refractivity contribution in [2.24, 2.45) is 0 Å². The highest BCUT2D eigenvalue weighted by Gasteiger charge is 2.38. The molecular weight excluding hydrogens is 346 g/mol. The number of carbonyl (C=O) groups is 1. The highest BCUT2D eigenvalue weighted by molar-refractivity contribution is 5.73. The minimum absolute atomic E-state index is 0.0447. The number of nitrogens with zero attached hydrogens (tertiary/aromatic N) is 7. The predicted molar refractivity (Wildman–Crippen MR) is 100 cm³/mol. The van der Waals surface area contributed by atoms with Crippen LogP contribution >= 0.6 is 0 Å². The van der Waals surface area contributed by atoms with Crippen LogP contribution < -0.4 is 4.90 Å². The fourth-order valence-corrected chi connectivity index (χ4v) is 4.07. The van der Waals surface area contributed by atoms with Gasteiger partial charge in [0, 0.05) is 39.1 Å². The van der Waals surface area contributed by atoms with Gasteiger partial charge < -0.3 is 14.9 Å². The van der Waals surface area contributed by atoms with Crippen molar-refractivity contribution in [3.63, 3.8) is 0 Å². The number of hydrogen-bond donors (Lipinski definition) is 1. The summed E-state index contributed by atoms with van der Waals surface area (Å²) in [6.45, 7) is 5.06. The first-order chi connectivity index (χ1) is 12.9. The Balaban J connectivity index is 1.35. The van der Waals surface area contributed by atoms with E-state index in [0.717, 1.165) is 50.4 Å². The molecule has 4 rings (SSSR count). The van der Waals surface area contributed by atoms with Crippen molar-refractivity contribution in [1.82, 2.24) is 29.6 Å². The van der Waals surface area contributed by atoms with Crippen molar-refractivity contribution < 1.29 is 9.90 Å². The Labute approximate surface area is 158 Å². The fourth-order valence-electron chi connectivity index (χ4n) is 4.07. The molecule has 0 bridgehead atoms. The van der Waals surface area contributed by atoms with Gasteiger partial charge >= 0.3 is 0 Å². The van der Waals surface area contributed by atoms with Crippen molar-refractivity contribution in [1.29, 1.82) is 0 Å². The molecule has 1 amide bonds. The molecule has 2 aliphatic heterocycles. The van der Waals surface area contributed by atoms with Gasteiger partial charge in [-0.2, -0.15) is 4.52 Å². The molecule has 9 heteroatoms. The molecule has 0 saturated carbocycles. The number of fused-ring (bicyclic) bond motifs is 1. The monoisotopic (exact) mass is 373 g/mol. The van der Waals surface area contributed by atoms with Gasteiger partial charge in [0.05, 0.1) is 12.1 Å². The number of β-amino-alcohol motifs (C(OH)–C–C–N with tert-alkyl or cyclic N) is 1. The maximum atomic E-state index is 11.8. The van der Waals surface area contributed by atoms with Gasteiger partial charge in [0.25, 0.3) is 0 Å².